The van der Waals surface area contributed by atoms with Crippen LogP contribution in [0.15, 0.2) is 47.6 Å². The second-order valence-corrected chi connectivity index (χ2v) is 5.07. The number of ether oxygens (including phenoxy) is 4. The number of hydrogen-bond acceptors (Lipinski definition) is 6. The molecule has 138 valence electrons. The summed E-state index contributed by atoms with van der Waals surface area (Å²) in [6.07, 6.45) is 1.50. The molecule has 0 saturated heterocycles. The van der Waals surface area contributed by atoms with Crippen molar-refractivity contribution in [2.24, 2.45) is 5.10 Å². The van der Waals surface area contributed by atoms with Crippen molar-refractivity contribution in [3.8, 4) is 23.0 Å². The van der Waals surface area contributed by atoms with E-state index >= 15 is 0 Å². The molecular weight excluding hydrogens is 336 g/mol. The molecule has 0 saturated carbocycles. The monoisotopic (exact) mass is 358 g/mol. The average molecular weight is 358 g/mol. The van der Waals surface area contributed by atoms with Crippen LogP contribution in [0.1, 0.15) is 12.5 Å². The Morgan fingerprint density at radius 1 is 1.04 bits per heavy atom. The highest BCUT2D eigenvalue weighted by Crippen LogP contribution is 2.29. The van der Waals surface area contributed by atoms with Crippen LogP contribution in [0.3, 0.4) is 0 Å². The number of carbonyl (C=O) groups excluding carboxylic acids is 1. The fourth-order valence-corrected chi connectivity index (χ4v) is 2.12. The third-order valence-corrected chi connectivity index (χ3v) is 3.34. The van der Waals surface area contributed by atoms with E-state index in [1.807, 2.05) is 19.1 Å². The second kappa shape index (κ2) is 9.93. The maximum atomic E-state index is 11.8. The van der Waals surface area contributed by atoms with Crippen LogP contribution in [0.5, 0.6) is 23.0 Å². The van der Waals surface area contributed by atoms with E-state index in [1.54, 1.807) is 44.6 Å². The van der Waals surface area contributed by atoms with Gasteiger partial charge in [0, 0.05) is 5.56 Å². The predicted octanol–water partition coefficient (Wildman–Crippen LogP) is 2.63. The minimum Gasteiger partial charge on any atom is -0.497 e. The lowest BCUT2D eigenvalue weighted by molar-refractivity contribution is -0.123. The molecule has 7 nitrogen and oxygen atoms in total. The molecule has 26 heavy (non-hydrogen) atoms. The van der Waals surface area contributed by atoms with Gasteiger partial charge < -0.3 is 18.9 Å². The van der Waals surface area contributed by atoms with Crippen LogP contribution in [-0.4, -0.2) is 39.6 Å². The molecule has 1 N–H and O–H groups in total. The highest BCUT2D eigenvalue weighted by molar-refractivity contribution is 5.86. The van der Waals surface area contributed by atoms with Crippen LogP contribution < -0.4 is 24.4 Å². The summed E-state index contributed by atoms with van der Waals surface area (Å²) in [5, 5.41) is 3.94. The van der Waals surface area contributed by atoms with E-state index in [0.717, 1.165) is 5.75 Å². The summed E-state index contributed by atoms with van der Waals surface area (Å²) in [5.41, 5.74) is 3.11. The van der Waals surface area contributed by atoms with Gasteiger partial charge in [-0.2, -0.15) is 5.10 Å². The Morgan fingerprint density at radius 2 is 1.77 bits per heavy atom. The van der Waals surface area contributed by atoms with Crippen molar-refractivity contribution >= 4 is 12.1 Å². The van der Waals surface area contributed by atoms with E-state index in [9.17, 15) is 4.79 Å². The summed E-state index contributed by atoms with van der Waals surface area (Å²) < 4.78 is 21.3. The number of hydrazone groups is 1. The largest absolute Gasteiger partial charge is 0.497 e. The highest BCUT2D eigenvalue weighted by Gasteiger charge is 2.08. The van der Waals surface area contributed by atoms with Crippen molar-refractivity contribution in [3.63, 3.8) is 0 Å². The molecule has 0 bridgehead atoms. The maximum Gasteiger partial charge on any atom is 0.277 e. The summed E-state index contributed by atoms with van der Waals surface area (Å²) >= 11 is 0. The van der Waals surface area contributed by atoms with E-state index in [0.29, 0.717) is 29.4 Å². The first-order chi connectivity index (χ1) is 12.7. The Kier molecular flexibility index (Phi) is 7.30. The quantitative estimate of drug-likeness (QED) is 0.551. The molecule has 0 heterocycles. The number of benzene rings is 2. The maximum absolute atomic E-state index is 11.8. The highest BCUT2D eigenvalue weighted by atomic mass is 16.5. The lowest BCUT2D eigenvalue weighted by atomic mass is 10.2. The number of carbonyl (C=O) groups is 1. The van der Waals surface area contributed by atoms with Gasteiger partial charge in [0.25, 0.3) is 5.91 Å². The van der Waals surface area contributed by atoms with Gasteiger partial charge in [-0.3, -0.25) is 4.79 Å². The normalized spacial score (nSPS) is 10.4. The van der Waals surface area contributed by atoms with E-state index in [2.05, 4.69) is 10.5 Å². The summed E-state index contributed by atoms with van der Waals surface area (Å²) in [7, 11) is 3.15. The number of methoxy groups -OCH3 is 2. The first-order valence-corrected chi connectivity index (χ1v) is 8.06. The van der Waals surface area contributed by atoms with Crippen molar-refractivity contribution in [1.29, 1.82) is 0 Å². The lowest BCUT2D eigenvalue weighted by Gasteiger charge is -2.11. The number of rotatable bonds is 9. The van der Waals surface area contributed by atoms with Crippen molar-refractivity contribution in [1.82, 2.24) is 5.43 Å². The molecule has 0 aliphatic rings. The third-order valence-electron chi connectivity index (χ3n) is 3.34. The molecule has 0 aliphatic carbocycles. The molecule has 0 aromatic heterocycles. The zero-order valence-electron chi connectivity index (χ0n) is 15.0. The average Bonchev–Trinajstić information content (AvgIpc) is 2.68. The van der Waals surface area contributed by atoms with Gasteiger partial charge in [0.2, 0.25) is 0 Å². The first kappa shape index (κ1) is 19.1. The van der Waals surface area contributed by atoms with Gasteiger partial charge in [-0.15, -0.1) is 0 Å². The summed E-state index contributed by atoms with van der Waals surface area (Å²) in [5.74, 6) is 2.08. The zero-order chi connectivity index (χ0) is 18.8. The van der Waals surface area contributed by atoms with Gasteiger partial charge in [-0.1, -0.05) is 6.07 Å². The minimum atomic E-state index is -0.377. The van der Waals surface area contributed by atoms with Crippen molar-refractivity contribution < 1.29 is 23.7 Å². The van der Waals surface area contributed by atoms with Crippen molar-refractivity contribution in [2.75, 3.05) is 27.4 Å². The molecule has 0 aliphatic heterocycles. The number of nitrogens with zero attached hydrogens (tertiary/aromatic N) is 1. The minimum absolute atomic E-state index is 0.153. The van der Waals surface area contributed by atoms with Crippen LogP contribution in [-0.2, 0) is 4.79 Å². The van der Waals surface area contributed by atoms with E-state index in [-0.39, 0.29) is 12.5 Å². The molecule has 2 aromatic rings. The number of amides is 1. The lowest BCUT2D eigenvalue weighted by Crippen LogP contribution is -2.24. The third kappa shape index (κ3) is 5.41. The molecule has 7 heteroatoms. The van der Waals surface area contributed by atoms with Crippen molar-refractivity contribution in [3.05, 3.63) is 48.0 Å². The first-order valence-electron chi connectivity index (χ1n) is 8.06. The summed E-state index contributed by atoms with van der Waals surface area (Å²) in [4.78, 5) is 11.8. The smallest absolute Gasteiger partial charge is 0.277 e. The fraction of sp³-hybridized carbons (Fsp3) is 0.263. The SMILES string of the molecule is CCOc1c(/C=N/NC(=O)COc2ccc(OC)cc2)cccc1OC. The predicted molar refractivity (Wildman–Crippen MR) is 98.4 cm³/mol. The Bertz CT molecular complexity index is 744. The molecule has 1 amide bonds. The van der Waals surface area contributed by atoms with Crippen LogP contribution >= 0.6 is 0 Å². The van der Waals surface area contributed by atoms with Crippen LogP contribution in [0.4, 0.5) is 0 Å². The molecule has 0 fully saturated rings. The zero-order valence-corrected chi connectivity index (χ0v) is 15.0. The molecule has 0 radical (unpaired) electrons. The summed E-state index contributed by atoms with van der Waals surface area (Å²) in [6, 6.07) is 12.4. The molecule has 0 atom stereocenters. The topological polar surface area (TPSA) is 78.4 Å². The van der Waals surface area contributed by atoms with Crippen LogP contribution in [0.2, 0.25) is 0 Å². The summed E-state index contributed by atoms with van der Waals surface area (Å²) in [6.45, 7) is 2.22. The van der Waals surface area contributed by atoms with Crippen LogP contribution in [0, 0.1) is 0 Å². The van der Waals surface area contributed by atoms with Gasteiger partial charge in [-0.25, -0.2) is 5.43 Å². The van der Waals surface area contributed by atoms with Gasteiger partial charge >= 0.3 is 0 Å². The van der Waals surface area contributed by atoms with E-state index in [1.165, 1.54) is 6.21 Å². The van der Waals surface area contributed by atoms with Gasteiger partial charge in [0.05, 0.1) is 27.0 Å². The Balaban J connectivity index is 1.90. The van der Waals surface area contributed by atoms with Gasteiger partial charge in [-0.05, 0) is 43.3 Å². The molecular formula is C19H22N2O5. The molecule has 0 unspecified atom stereocenters. The van der Waals surface area contributed by atoms with Gasteiger partial charge in [0.15, 0.2) is 18.1 Å². The molecule has 2 rings (SSSR count). The Hall–Kier alpha value is -3.22. The van der Waals surface area contributed by atoms with Crippen LogP contribution in [0.25, 0.3) is 0 Å². The standard InChI is InChI=1S/C19H22N2O5/c1-4-25-19-14(6-5-7-17(19)24-3)12-20-21-18(22)13-26-16-10-8-15(23-2)9-11-16/h5-12H,4,13H2,1-3H3,(H,21,22)/b20-12+. The number of nitrogens with one attached hydrogen (secondary N) is 1. The second-order valence-electron chi connectivity index (χ2n) is 5.07. The Morgan fingerprint density at radius 3 is 2.42 bits per heavy atom. The molecule has 0 spiro atoms. The number of hydrogen-bond donors (Lipinski definition) is 1. The molecule has 2 aromatic carbocycles. The van der Waals surface area contributed by atoms with E-state index < -0.39 is 0 Å². The Labute approximate surface area is 152 Å². The number of para-hydroxylation sites is 1. The van der Waals surface area contributed by atoms with Gasteiger partial charge in [0.1, 0.15) is 11.5 Å². The van der Waals surface area contributed by atoms with Crippen molar-refractivity contribution in [2.45, 2.75) is 6.92 Å². The fourth-order valence-electron chi connectivity index (χ4n) is 2.12. The van der Waals surface area contributed by atoms with E-state index in [4.69, 9.17) is 18.9 Å².